The van der Waals surface area contributed by atoms with E-state index in [4.69, 9.17) is 24.8 Å². The Balaban J connectivity index is 1.39. The van der Waals surface area contributed by atoms with Crippen molar-refractivity contribution in [3.63, 3.8) is 0 Å². The summed E-state index contributed by atoms with van der Waals surface area (Å²) in [6, 6.07) is 15.0. The van der Waals surface area contributed by atoms with Crippen LogP contribution in [-0.4, -0.2) is 54.1 Å². The van der Waals surface area contributed by atoms with Crippen LogP contribution in [0.3, 0.4) is 0 Å². The minimum atomic E-state index is -0.953. The molecule has 2 atom stereocenters. The van der Waals surface area contributed by atoms with E-state index in [0.29, 0.717) is 17.3 Å². The van der Waals surface area contributed by atoms with Crippen molar-refractivity contribution in [2.24, 2.45) is 0 Å². The largest absolute Gasteiger partial charge is 0.467 e. The summed E-state index contributed by atoms with van der Waals surface area (Å²) in [5, 5.41) is 2.89. The number of benzene rings is 2. The number of amides is 1. The molecule has 1 aromatic heterocycles. The van der Waals surface area contributed by atoms with Crippen LogP contribution in [0, 0.1) is 0 Å². The fraction of sp³-hybridized carbons (Fsp3) is 0.345. The molecule has 218 valence electrons. The lowest BCUT2D eigenvalue weighted by atomic mass is 10.1. The van der Waals surface area contributed by atoms with E-state index >= 15 is 0 Å². The predicted molar refractivity (Wildman–Crippen MR) is 150 cm³/mol. The first kappa shape index (κ1) is 30.8. The molecule has 3 aromatic rings. The van der Waals surface area contributed by atoms with Crippen LogP contribution in [0.5, 0.6) is 0 Å². The smallest absolute Gasteiger partial charge is 0.408 e. The number of nitrogen functional groups attached to an aromatic ring is 1. The number of aromatic nitrogens is 2. The molecular weight excluding hydrogens is 532 g/mol. The van der Waals surface area contributed by atoms with Gasteiger partial charge in [-0.1, -0.05) is 49.0 Å². The topological polar surface area (TPSA) is 161 Å². The van der Waals surface area contributed by atoms with E-state index in [0.717, 1.165) is 10.2 Å². The number of hydrogen-bond donors (Lipinski definition) is 2. The van der Waals surface area contributed by atoms with Gasteiger partial charge in [-0.3, -0.25) is 4.79 Å². The van der Waals surface area contributed by atoms with Crippen molar-refractivity contribution in [2.75, 3.05) is 26.2 Å². The minimum absolute atomic E-state index is 0.0301. The third-order valence-corrected chi connectivity index (χ3v) is 6.13. The zero-order valence-corrected chi connectivity index (χ0v) is 23.0. The van der Waals surface area contributed by atoms with Gasteiger partial charge >= 0.3 is 18.0 Å². The first-order chi connectivity index (χ1) is 19.7. The number of methoxy groups -OCH3 is 1. The molecule has 0 aliphatic carbocycles. The summed E-state index contributed by atoms with van der Waals surface area (Å²) in [5.74, 6) is 4.89. The number of carbonyl (C=O) groups excluding carboxylic acids is 3. The molecule has 2 aromatic carbocycles. The molecule has 12 heteroatoms. The summed E-state index contributed by atoms with van der Waals surface area (Å²) in [6.07, 6.45) is -0.629. The standard InChI is InChI=1S/C29H34N4O8/c1-19(10-9-15-24(28(36)38-3)32-29(37)41-18-21-11-5-4-6-12-21)27(35)40-17-16-39-20(2)25-31-23-14-8-7-13-22(23)26(34)33(25)30/h4-8,11-14,20,24H,1,9-10,15-18,30H2,2-3H3,(H,32,37)/t20-,24-/m0/s1. The Morgan fingerprint density at radius 3 is 2.49 bits per heavy atom. The van der Waals surface area contributed by atoms with E-state index in [1.807, 2.05) is 30.3 Å². The Kier molecular flexibility index (Phi) is 11.4. The number of hydrogen-bond acceptors (Lipinski definition) is 10. The highest BCUT2D eigenvalue weighted by Crippen LogP contribution is 2.16. The molecule has 12 nitrogen and oxygen atoms in total. The number of para-hydroxylation sites is 1. The van der Waals surface area contributed by atoms with Gasteiger partial charge in [0, 0.05) is 5.57 Å². The Bertz CT molecular complexity index is 1420. The van der Waals surface area contributed by atoms with Crippen LogP contribution in [0.4, 0.5) is 4.79 Å². The number of fused-ring (bicyclic) bond motifs is 1. The predicted octanol–water partition coefficient (Wildman–Crippen LogP) is 2.93. The molecular formula is C29H34N4O8. The monoisotopic (exact) mass is 566 g/mol. The van der Waals surface area contributed by atoms with E-state index in [-0.39, 0.29) is 44.1 Å². The molecule has 1 amide bonds. The lowest BCUT2D eigenvalue weighted by molar-refractivity contribution is -0.143. The molecule has 0 bridgehead atoms. The summed E-state index contributed by atoms with van der Waals surface area (Å²) >= 11 is 0. The lowest BCUT2D eigenvalue weighted by Gasteiger charge is -2.17. The number of rotatable bonds is 14. The number of nitrogens with two attached hydrogens (primary N) is 1. The van der Waals surface area contributed by atoms with Crippen LogP contribution in [0.25, 0.3) is 10.9 Å². The van der Waals surface area contributed by atoms with E-state index in [9.17, 15) is 19.2 Å². The zero-order valence-electron chi connectivity index (χ0n) is 23.0. The van der Waals surface area contributed by atoms with Crippen LogP contribution in [0.2, 0.25) is 0 Å². The van der Waals surface area contributed by atoms with Crippen molar-refractivity contribution in [3.8, 4) is 0 Å². The van der Waals surface area contributed by atoms with Gasteiger partial charge in [0.1, 0.15) is 25.4 Å². The molecule has 0 spiro atoms. The second-order valence-electron chi connectivity index (χ2n) is 9.09. The molecule has 0 saturated heterocycles. The fourth-order valence-electron chi connectivity index (χ4n) is 3.91. The zero-order chi connectivity index (χ0) is 29.8. The van der Waals surface area contributed by atoms with Crippen LogP contribution in [-0.2, 0) is 35.1 Å². The maximum atomic E-state index is 12.5. The highest BCUT2D eigenvalue weighted by molar-refractivity contribution is 5.87. The summed E-state index contributed by atoms with van der Waals surface area (Å²) in [5.41, 5.74) is 1.11. The molecule has 0 saturated carbocycles. The fourth-order valence-corrected chi connectivity index (χ4v) is 3.91. The van der Waals surface area contributed by atoms with Gasteiger partial charge in [-0.25, -0.2) is 24.0 Å². The van der Waals surface area contributed by atoms with Gasteiger partial charge in [-0.05, 0) is 43.9 Å². The Hall–Kier alpha value is -4.71. The van der Waals surface area contributed by atoms with E-state index < -0.39 is 35.7 Å². The third kappa shape index (κ3) is 8.90. The highest BCUT2D eigenvalue weighted by atomic mass is 16.6. The molecule has 0 aliphatic rings. The first-order valence-electron chi connectivity index (χ1n) is 13.0. The first-order valence-corrected chi connectivity index (χ1v) is 13.0. The average molecular weight is 567 g/mol. The van der Waals surface area contributed by atoms with Gasteiger partial charge < -0.3 is 30.1 Å². The average Bonchev–Trinajstić information content (AvgIpc) is 2.99. The summed E-state index contributed by atoms with van der Waals surface area (Å²) < 4.78 is 21.8. The van der Waals surface area contributed by atoms with E-state index in [2.05, 4.69) is 16.9 Å². The number of ether oxygens (including phenoxy) is 4. The molecule has 0 unspecified atom stereocenters. The Morgan fingerprint density at radius 1 is 1.05 bits per heavy atom. The number of carbonyl (C=O) groups is 3. The molecule has 0 aliphatic heterocycles. The molecule has 3 N–H and O–H groups in total. The van der Waals surface area contributed by atoms with Gasteiger partial charge in [-0.2, -0.15) is 0 Å². The number of nitrogens with zero attached hydrogens (tertiary/aromatic N) is 2. The van der Waals surface area contributed by atoms with Crippen LogP contribution in [0.15, 0.2) is 71.5 Å². The summed E-state index contributed by atoms with van der Waals surface area (Å²) in [7, 11) is 1.22. The highest BCUT2D eigenvalue weighted by Gasteiger charge is 2.23. The van der Waals surface area contributed by atoms with Crippen molar-refractivity contribution >= 4 is 28.9 Å². The number of nitrogens with one attached hydrogen (secondary N) is 1. The van der Waals surface area contributed by atoms with E-state index in [1.165, 1.54) is 7.11 Å². The molecule has 41 heavy (non-hydrogen) atoms. The summed E-state index contributed by atoms with van der Waals surface area (Å²) in [4.78, 5) is 53.5. The number of alkyl carbamates (subject to hydrolysis) is 1. The second-order valence-corrected chi connectivity index (χ2v) is 9.09. The SMILES string of the molecule is C=C(CCC[C@H](NC(=O)OCc1ccccc1)C(=O)OC)C(=O)OCCO[C@@H](C)c1nc2ccccc2c(=O)n1N. The Labute approximate surface area is 237 Å². The minimum Gasteiger partial charge on any atom is -0.467 e. The van der Waals surface area contributed by atoms with Gasteiger partial charge in [0.25, 0.3) is 5.56 Å². The number of esters is 2. The quantitative estimate of drug-likeness (QED) is 0.0976. The van der Waals surface area contributed by atoms with Gasteiger partial charge in [0.2, 0.25) is 0 Å². The second kappa shape index (κ2) is 15.2. The van der Waals surface area contributed by atoms with Crippen molar-refractivity contribution in [1.29, 1.82) is 0 Å². The summed E-state index contributed by atoms with van der Waals surface area (Å²) in [6.45, 7) is 5.45. The van der Waals surface area contributed by atoms with Crippen LogP contribution < -0.4 is 16.7 Å². The maximum absolute atomic E-state index is 12.5. The van der Waals surface area contributed by atoms with Crippen LogP contribution in [0.1, 0.15) is 43.7 Å². The molecule has 3 rings (SSSR count). The van der Waals surface area contributed by atoms with Crippen molar-refractivity contribution in [2.45, 2.75) is 44.9 Å². The van der Waals surface area contributed by atoms with Crippen LogP contribution >= 0.6 is 0 Å². The van der Waals surface area contributed by atoms with Gasteiger partial charge in [0.05, 0.1) is 24.6 Å². The third-order valence-electron chi connectivity index (χ3n) is 6.13. The van der Waals surface area contributed by atoms with Gasteiger partial charge in [-0.15, -0.1) is 0 Å². The molecule has 0 radical (unpaired) electrons. The molecule has 1 heterocycles. The van der Waals surface area contributed by atoms with E-state index in [1.54, 1.807) is 31.2 Å². The normalized spacial score (nSPS) is 12.2. The van der Waals surface area contributed by atoms with Crippen molar-refractivity contribution in [1.82, 2.24) is 15.0 Å². The Morgan fingerprint density at radius 2 is 1.76 bits per heavy atom. The van der Waals surface area contributed by atoms with Crippen molar-refractivity contribution in [3.05, 3.63) is 88.5 Å². The van der Waals surface area contributed by atoms with Gasteiger partial charge in [0.15, 0.2) is 5.82 Å². The van der Waals surface area contributed by atoms with Crippen molar-refractivity contribution < 1.29 is 33.3 Å². The maximum Gasteiger partial charge on any atom is 0.408 e. The molecule has 0 fully saturated rings. The lowest BCUT2D eigenvalue weighted by Crippen LogP contribution is -2.41.